The lowest BCUT2D eigenvalue weighted by Gasteiger charge is -2.29. The van der Waals surface area contributed by atoms with Gasteiger partial charge in [-0.15, -0.1) is 0 Å². The Balaban J connectivity index is 4.13. The molecule has 0 heterocycles. The number of carbonyl (C=O) groups excluding carboxylic acids is 1. The smallest absolute Gasteiger partial charge is 0.131 e. The van der Waals surface area contributed by atoms with Crippen LogP contribution >= 0.6 is 0 Å². The van der Waals surface area contributed by atoms with E-state index in [1.165, 1.54) is 0 Å². The molecule has 0 fully saturated rings. The Labute approximate surface area is 93.8 Å². The van der Waals surface area contributed by atoms with Crippen molar-refractivity contribution < 1.29 is 9.53 Å². The average molecular weight is 215 g/mol. The van der Waals surface area contributed by atoms with Crippen molar-refractivity contribution in [2.24, 2.45) is 5.92 Å². The Morgan fingerprint density at radius 1 is 1.33 bits per heavy atom. The molecule has 0 saturated heterocycles. The summed E-state index contributed by atoms with van der Waals surface area (Å²) in [6, 6.07) is 0.319. The molecule has 3 nitrogen and oxygen atoms in total. The second-order valence-corrected chi connectivity index (χ2v) is 4.64. The summed E-state index contributed by atoms with van der Waals surface area (Å²) in [4.78, 5) is 13.4. The van der Waals surface area contributed by atoms with Gasteiger partial charge in [0.25, 0.3) is 0 Å². The maximum atomic E-state index is 11.1. The van der Waals surface area contributed by atoms with Crippen LogP contribution in [0.4, 0.5) is 0 Å². The van der Waals surface area contributed by atoms with E-state index >= 15 is 0 Å². The molecule has 1 unspecified atom stereocenters. The van der Waals surface area contributed by atoms with Crippen LogP contribution in [0, 0.1) is 5.92 Å². The first-order chi connectivity index (χ1) is 6.97. The number of Topliss-reactive ketones (excluding diaryl/α,β-unsaturated/α-hetero) is 1. The fourth-order valence-electron chi connectivity index (χ4n) is 1.71. The van der Waals surface area contributed by atoms with Gasteiger partial charge in [0.15, 0.2) is 0 Å². The highest BCUT2D eigenvalue weighted by Gasteiger charge is 2.16. The SMILES string of the molecule is COCCN(CC(C)C)C(C)CC(C)=O. The lowest BCUT2D eigenvalue weighted by Crippen LogP contribution is -2.39. The average Bonchev–Trinajstić information content (AvgIpc) is 2.10. The van der Waals surface area contributed by atoms with Gasteiger partial charge in [-0.1, -0.05) is 13.8 Å². The molecular weight excluding hydrogens is 190 g/mol. The van der Waals surface area contributed by atoms with Crippen molar-refractivity contribution in [1.29, 1.82) is 0 Å². The summed E-state index contributed by atoms with van der Waals surface area (Å²) < 4.78 is 5.08. The lowest BCUT2D eigenvalue weighted by atomic mass is 10.1. The second kappa shape index (κ2) is 7.83. The summed E-state index contributed by atoms with van der Waals surface area (Å²) in [5, 5.41) is 0. The number of methoxy groups -OCH3 is 1. The molecule has 0 aliphatic heterocycles. The molecule has 0 spiro atoms. The van der Waals surface area contributed by atoms with E-state index in [-0.39, 0.29) is 5.78 Å². The predicted molar refractivity (Wildman–Crippen MR) is 63.0 cm³/mol. The molecule has 0 aromatic heterocycles. The largest absolute Gasteiger partial charge is 0.383 e. The van der Waals surface area contributed by atoms with Crippen LogP contribution in [-0.2, 0) is 9.53 Å². The zero-order chi connectivity index (χ0) is 11.8. The summed E-state index contributed by atoms with van der Waals surface area (Å²) in [6.45, 7) is 10.8. The van der Waals surface area contributed by atoms with Crippen LogP contribution in [0.1, 0.15) is 34.1 Å². The van der Waals surface area contributed by atoms with E-state index in [1.54, 1.807) is 14.0 Å². The van der Waals surface area contributed by atoms with Crippen molar-refractivity contribution in [1.82, 2.24) is 4.90 Å². The van der Waals surface area contributed by atoms with Gasteiger partial charge in [-0.3, -0.25) is 9.69 Å². The van der Waals surface area contributed by atoms with Gasteiger partial charge in [0.05, 0.1) is 6.61 Å². The van der Waals surface area contributed by atoms with Crippen molar-refractivity contribution in [2.45, 2.75) is 40.2 Å². The number of nitrogens with zero attached hydrogens (tertiary/aromatic N) is 1. The number of ether oxygens (including phenoxy) is 1. The van der Waals surface area contributed by atoms with Gasteiger partial charge in [0.2, 0.25) is 0 Å². The molecule has 0 aliphatic carbocycles. The topological polar surface area (TPSA) is 29.5 Å². The highest BCUT2D eigenvalue weighted by Crippen LogP contribution is 2.08. The highest BCUT2D eigenvalue weighted by atomic mass is 16.5. The fraction of sp³-hybridized carbons (Fsp3) is 0.917. The molecule has 0 aromatic rings. The first-order valence-corrected chi connectivity index (χ1v) is 5.69. The van der Waals surface area contributed by atoms with Crippen LogP contribution in [0.15, 0.2) is 0 Å². The summed E-state index contributed by atoms with van der Waals surface area (Å²) in [7, 11) is 1.71. The minimum Gasteiger partial charge on any atom is -0.383 e. The van der Waals surface area contributed by atoms with Crippen molar-refractivity contribution in [3.05, 3.63) is 0 Å². The minimum absolute atomic E-state index is 0.258. The molecule has 15 heavy (non-hydrogen) atoms. The third kappa shape index (κ3) is 7.51. The minimum atomic E-state index is 0.258. The quantitative estimate of drug-likeness (QED) is 0.620. The lowest BCUT2D eigenvalue weighted by molar-refractivity contribution is -0.118. The normalized spacial score (nSPS) is 13.5. The maximum absolute atomic E-state index is 11.1. The Bertz CT molecular complexity index is 180. The van der Waals surface area contributed by atoms with Gasteiger partial charge < -0.3 is 4.74 Å². The maximum Gasteiger partial charge on any atom is 0.131 e. The van der Waals surface area contributed by atoms with E-state index in [0.29, 0.717) is 18.4 Å². The highest BCUT2D eigenvalue weighted by molar-refractivity contribution is 5.76. The van der Waals surface area contributed by atoms with Gasteiger partial charge in [0.1, 0.15) is 5.78 Å². The third-order valence-corrected chi connectivity index (χ3v) is 2.39. The monoisotopic (exact) mass is 215 g/mol. The Kier molecular flexibility index (Phi) is 7.61. The van der Waals surface area contributed by atoms with E-state index in [0.717, 1.165) is 19.7 Å². The van der Waals surface area contributed by atoms with Crippen LogP contribution < -0.4 is 0 Å². The zero-order valence-corrected chi connectivity index (χ0v) is 10.7. The summed E-state index contributed by atoms with van der Waals surface area (Å²) >= 11 is 0. The van der Waals surface area contributed by atoms with Gasteiger partial charge in [-0.05, 0) is 19.8 Å². The third-order valence-electron chi connectivity index (χ3n) is 2.39. The van der Waals surface area contributed by atoms with Gasteiger partial charge in [-0.2, -0.15) is 0 Å². The molecule has 0 amide bonds. The Hall–Kier alpha value is -0.410. The molecule has 0 radical (unpaired) electrons. The van der Waals surface area contributed by atoms with E-state index in [2.05, 4.69) is 25.7 Å². The van der Waals surface area contributed by atoms with Crippen LogP contribution in [0.5, 0.6) is 0 Å². The number of rotatable bonds is 8. The van der Waals surface area contributed by atoms with Crippen molar-refractivity contribution in [3.63, 3.8) is 0 Å². The first kappa shape index (κ1) is 14.6. The van der Waals surface area contributed by atoms with Crippen LogP contribution in [0.25, 0.3) is 0 Å². The van der Waals surface area contributed by atoms with Gasteiger partial charge >= 0.3 is 0 Å². The van der Waals surface area contributed by atoms with Crippen LogP contribution in [0.2, 0.25) is 0 Å². The molecule has 0 saturated carbocycles. The molecule has 1 atom stereocenters. The molecule has 0 bridgehead atoms. The second-order valence-electron chi connectivity index (χ2n) is 4.64. The predicted octanol–water partition coefficient (Wildman–Crippen LogP) is 1.96. The molecule has 0 aromatic carbocycles. The van der Waals surface area contributed by atoms with E-state index in [1.807, 2.05) is 0 Å². The van der Waals surface area contributed by atoms with Crippen molar-refractivity contribution in [2.75, 3.05) is 26.8 Å². The van der Waals surface area contributed by atoms with E-state index in [9.17, 15) is 4.79 Å². The van der Waals surface area contributed by atoms with E-state index < -0.39 is 0 Å². The molecular formula is C12H25NO2. The van der Waals surface area contributed by atoms with Crippen molar-refractivity contribution in [3.8, 4) is 0 Å². The standard InChI is InChI=1S/C12H25NO2/c1-10(2)9-13(6-7-15-5)11(3)8-12(4)14/h10-11H,6-9H2,1-5H3. The first-order valence-electron chi connectivity index (χ1n) is 5.69. The molecule has 3 heteroatoms. The Morgan fingerprint density at radius 3 is 2.33 bits per heavy atom. The van der Waals surface area contributed by atoms with Crippen LogP contribution in [-0.4, -0.2) is 43.5 Å². The molecule has 90 valence electrons. The zero-order valence-electron chi connectivity index (χ0n) is 10.7. The summed E-state index contributed by atoms with van der Waals surface area (Å²) in [6.07, 6.45) is 0.635. The summed E-state index contributed by atoms with van der Waals surface area (Å²) in [5.74, 6) is 0.880. The van der Waals surface area contributed by atoms with Gasteiger partial charge in [0, 0.05) is 32.7 Å². The molecule has 0 aliphatic rings. The van der Waals surface area contributed by atoms with E-state index in [4.69, 9.17) is 4.74 Å². The summed E-state index contributed by atoms with van der Waals surface area (Å²) in [5.41, 5.74) is 0. The van der Waals surface area contributed by atoms with Crippen molar-refractivity contribution >= 4 is 5.78 Å². The fourth-order valence-corrected chi connectivity index (χ4v) is 1.71. The Morgan fingerprint density at radius 2 is 1.93 bits per heavy atom. The molecule has 0 N–H and O–H groups in total. The number of hydrogen-bond acceptors (Lipinski definition) is 3. The number of carbonyl (C=O) groups is 1. The van der Waals surface area contributed by atoms with Crippen LogP contribution in [0.3, 0.4) is 0 Å². The number of ketones is 1. The molecule has 0 rings (SSSR count). The van der Waals surface area contributed by atoms with Gasteiger partial charge in [-0.25, -0.2) is 0 Å². The number of hydrogen-bond donors (Lipinski definition) is 0.